The normalized spacial score (nSPS) is 9.29. The summed E-state index contributed by atoms with van der Waals surface area (Å²) in [7, 11) is 0. The van der Waals surface area contributed by atoms with Crippen LogP contribution in [-0.4, -0.2) is 30.3 Å². The molecular weight excluding hydrogens is 180 g/mol. The van der Waals surface area contributed by atoms with Crippen LogP contribution in [0.15, 0.2) is 24.3 Å². The van der Waals surface area contributed by atoms with Crippen LogP contribution in [0.4, 0.5) is 11.4 Å². The molecule has 0 aliphatic heterocycles. The highest BCUT2D eigenvalue weighted by Gasteiger charge is 2.01. The highest BCUT2D eigenvalue weighted by atomic mass is 16.3. The second kappa shape index (κ2) is 6.23. The van der Waals surface area contributed by atoms with Crippen LogP contribution in [0, 0.1) is 0 Å². The van der Waals surface area contributed by atoms with Crippen LogP contribution >= 0.6 is 0 Å². The first-order valence-corrected chi connectivity index (χ1v) is 4.49. The Morgan fingerprint density at radius 3 is 2.29 bits per heavy atom. The van der Waals surface area contributed by atoms with Gasteiger partial charge in [0.15, 0.2) is 0 Å². The number of nitrogen functional groups attached to an aromatic ring is 1. The molecule has 0 radical (unpaired) electrons. The molecular formula is C10H18N2O2. The van der Waals surface area contributed by atoms with Crippen molar-refractivity contribution in [3.63, 3.8) is 0 Å². The predicted octanol–water partition coefficient (Wildman–Crippen LogP) is 0.263. The summed E-state index contributed by atoms with van der Waals surface area (Å²) in [4.78, 5) is 2.10. The highest BCUT2D eigenvalue weighted by Crippen LogP contribution is 2.15. The van der Waals surface area contributed by atoms with E-state index in [0.717, 1.165) is 17.9 Å². The minimum atomic E-state index is 0. The van der Waals surface area contributed by atoms with Crippen LogP contribution in [0.3, 0.4) is 0 Å². The fourth-order valence-electron chi connectivity index (χ4n) is 1.28. The van der Waals surface area contributed by atoms with Crippen LogP contribution in [0.2, 0.25) is 0 Å². The van der Waals surface area contributed by atoms with Crippen molar-refractivity contribution in [3.05, 3.63) is 24.3 Å². The van der Waals surface area contributed by atoms with Gasteiger partial charge in [-0.05, 0) is 31.2 Å². The van der Waals surface area contributed by atoms with Gasteiger partial charge in [-0.2, -0.15) is 0 Å². The van der Waals surface area contributed by atoms with Gasteiger partial charge in [0.05, 0.1) is 6.61 Å². The summed E-state index contributed by atoms with van der Waals surface area (Å²) in [6, 6.07) is 7.67. The SMILES string of the molecule is CCN(CCO)c1ccc(N)cc1.O. The van der Waals surface area contributed by atoms with E-state index in [4.69, 9.17) is 10.8 Å². The maximum atomic E-state index is 8.82. The Balaban J connectivity index is 0.00000169. The third kappa shape index (κ3) is 3.24. The van der Waals surface area contributed by atoms with E-state index in [1.807, 2.05) is 24.3 Å². The molecule has 0 fully saturated rings. The molecule has 1 rings (SSSR count). The molecule has 4 heteroatoms. The van der Waals surface area contributed by atoms with E-state index in [-0.39, 0.29) is 12.1 Å². The zero-order valence-electron chi connectivity index (χ0n) is 8.40. The Labute approximate surface area is 84.3 Å². The standard InChI is InChI=1S/C10H16N2O.H2O/c1-2-12(7-8-13)10-5-3-9(11)4-6-10;/h3-6,13H,2,7-8,11H2,1H3;1H2. The van der Waals surface area contributed by atoms with Crippen molar-refractivity contribution in [2.24, 2.45) is 0 Å². The number of aliphatic hydroxyl groups excluding tert-OH is 1. The van der Waals surface area contributed by atoms with E-state index in [1.54, 1.807) is 0 Å². The Morgan fingerprint density at radius 2 is 1.86 bits per heavy atom. The molecule has 0 saturated carbocycles. The molecule has 5 N–H and O–H groups in total. The van der Waals surface area contributed by atoms with Gasteiger partial charge in [0.2, 0.25) is 0 Å². The molecule has 80 valence electrons. The van der Waals surface area contributed by atoms with Crippen molar-refractivity contribution in [1.29, 1.82) is 0 Å². The molecule has 0 spiro atoms. The van der Waals surface area contributed by atoms with Crippen LogP contribution < -0.4 is 10.6 Å². The Hall–Kier alpha value is -1.26. The van der Waals surface area contributed by atoms with Crippen LogP contribution in [-0.2, 0) is 0 Å². The number of benzene rings is 1. The number of hydrogen-bond donors (Lipinski definition) is 2. The summed E-state index contributed by atoms with van der Waals surface area (Å²) >= 11 is 0. The van der Waals surface area contributed by atoms with Gasteiger partial charge in [-0.3, -0.25) is 0 Å². The van der Waals surface area contributed by atoms with Gasteiger partial charge in [0.1, 0.15) is 0 Å². The summed E-state index contributed by atoms with van der Waals surface area (Å²) in [6.45, 7) is 3.80. The number of anilines is 2. The molecule has 4 nitrogen and oxygen atoms in total. The predicted molar refractivity (Wildman–Crippen MR) is 59.4 cm³/mol. The molecule has 0 amide bonds. The lowest BCUT2D eigenvalue weighted by atomic mass is 10.2. The third-order valence-corrected chi connectivity index (χ3v) is 2.01. The molecule has 0 aliphatic rings. The van der Waals surface area contributed by atoms with E-state index in [1.165, 1.54) is 0 Å². The Bertz CT molecular complexity index is 249. The second-order valence-electron chi connectivity index (χ2n) is 2.89. The maximum absolute atomic E-state index is 8.82. The van der Waals surface area contributed by atoms with Crippen molar-refractivity contribution < 1.29 is 10.6 Å². The quantitative estimate of drug-likeness (QED) is 0.681. The zero-order chi connectivity index (χ0) is 9.68. The minimum absolute atomic E-state index is 0. The highest BCUT2D eigenvalue weighted by molar-refractivity contribution is 5.52. The molecule has 1 aromatic rings. The van der Waals surface area contributed by atoms with E-state index in [9.17, 15) is 0 Å². The lowest BCUT2D eigenvalue weighted by Gasteiger charge is -2.21. The van der Waals surface area contributed by atoms with E-state index in [0.29, 0.717) is 6.54 Å². The number of rotatable bonds is 4. The fraction of sp³-hybridized carbons (Fsp3) is 0.400. The number of nitrogens with zero attached hydrogens (tertiary/aromatic N) is 1. The smallest absolute Gasteiger partial charge is 0.0606 e. The molecule has 14 heavy (non-hydrogen) atoms. The summed E-state index contributed by atoms with van der Waals surface area (Å²) in [5.41, 5.74) is 7.44. The van der Waals surface area contributed by atoms with E-state index < -0.39 is 0 Å². The first-order valence-electron chi connectivity index (χ1n) is 4.49. The van der Waals surface area contributed by atoms with Gasteiger partial charge in [0, 0.05) is 24.5 Å². The molecule has 0 heterocycles. The minimum Gasteiger partial charge on any atom is -0.412 e. The Kier molecular flexibility index (Phi) is 5.67. The van der Waals surface area contributed by atoms with Crippen LogP contribution in [0.1, 0.15) is 6.92 Å². The lowest BCUT2D eigenvalue weighted by Crippen LogP contribution is -2.25. The van der Waals surface area contributed by atoms with Crippen molar-refractivity contribution in [1.82, 2.24) is 0 Å². The topological polar surface area (TPSA) is 81.0 Å². The summed E-state index contributed by atoms with van der Waals surface area (Å²) in [6.07, 6.45) is 0. The molecule has 0 atom stereocenters. The van der Waals surface area contributed by atoms with E-state index in [2.05, 4.69) is 11.8 Å². The average molecular weight is 198 g/mol. The number of likely N-dealkylation sites (N-methyl/N-ethyl adjacent to an activating group) is 1. The molecule has 0 aromatic heterocycles. The van der Waals surface area contributed by atoms with Crippen molar-refractivity contribution in [3.8, 4) is 0 Å². The molecule has 0 aliphatic carbocycles. The number of aliphatic hydroxyl groups is 1. The fourth-order valence-corrected chi connectivity index (χ4v) is 1.28. The zero-order valence-corrected chi connectivity index (χ0v) is 8.40. The van der Waals surface area contributed by atoms with Crippen molar-refractivity contribution >= 4 is 11.4 Å². The van der Waals surface area contributed by atoms with Gasteiger partial charge < -0.3 is 21.2 Å². The average Bonchev–Trinajstić information content (AvgIpc) is 2.16. The van der Waals surface area contributed by atoms with Crippen molar-refractivity contribution in [2.75, 3.05) is 30.3 Å². The maximum Gasteiger partial charge on any atom is 0.0606 e. The summed E-state index contributed by atoms with van der Waals surface area (Å²) in [5, 5.41) is 8.82. The van der Waals surface area contributed by atoms with Gasteiger partial charge in [-0.15, -0.1) is 0 Å². The molecule has 0 bridgehead atoms. The molecule has 1 aromatic carbocycles. The monoisotopic (exact) mass is 198 g/mol. The lowest BCUT2D eigenvalue weighted by molar-refractivity contribution is 0.302. The van der Waals surface area contributed by atoms with Gasteiger partial charge in [-0.25, -0.2) is 0 Å². The number of nitrogens with two attached hydrogens (primary N) is 1. The summed E-state index contributed by atoms with van der Waals surface area (Å²) in [5.74, 6) is 0. The van der Waals surface area contributed by atoms with Gasteiger partial charge in [-0.1, -0.05) is 0 Å². The molecule has 0 saturated heterocycles. The van der Waals surface area contributed by atoms with Gasteiger partial charge in [0.25, 0.3) is 0 Å². The Morgan fingerprint density at radius 1 is 1.29 bits per heavy atom. The largest absolute Gasteiger partial charge is 0.412 e. The van der Waals surface area contributed by atoms with Gasteiger partial charge >= 0.3 is 0 Å². The summed E-state index contributed by atoms with van der Waals surface area (Å²) < 4.78 is 0. The number of hydrogen-bond acceptors (Lipinski definition) is 3. The molecule has 0 unspecified atom stereocenters. The first kappa shape index (κ1) is 12.7. The van der Waals surface area contributed by atoms with Crippen molar-refractivity contribution in [2.45, 2.75) is 6.92 Å². The second-order valence-corrected chi connectivity index (χ2v) is 2.89. The van der Waals surface area contributed by atoms with Crippen LogP contribution in [0.5, 0.6) is 0 Å². The van der Waals surface area contributed by atoms with Crippen LogP contribution in [0.25, 0.3) is 0 Å². The first-order chi connectivity index (χ1) is 6.27. The third-order valence-electron chi connectivity index (χ3n) is 2.01. The van der Waals surface area contributed by atoms with E-state index >= 15 is 0 Å².